The number of hydrazine groups is 1. The second-order valence-electron chi connectivity index (χ2n) is 5.43. The number of nitrogens with zero attached hydrogens (tertiary/aromatic N) is 1. The third-order valence-corrected chi connectivity index (χ3v) is 3.71. The molecule has 0 fully saturated rings. The van der Waals surface area contributed by atoms with E-state index in [1.165, 1.54) is 0 Å². The van der Waals surface area contributed by atoms with Crippen molar-refractivity contribution in [3.8, 4) is 11.8 Å². The fraction of sp³-hybridized carbons (Fsp3) is 0.150. The van der Waals surface area contributed by atoms with E-state index in [-0.39, 0.29) is 12.2 Å². The van der Waals surface area contributed by atoms with Gasteiger partial charge in [0.1, 0.15) is 18.4 Å². The van der Waals surface area contributed by atoms with Crippen LogP contribution in [-0.2, 0) is 16.1 Å². The van der Waals surface area contributed by atoms with E-state index in [1.807, 2.05) is 12.1 Å². The van der Waals surface area contributed by atoms with Gasteiger partial charge in [0.15, 0.2) is 5.57 Å². The van der Waals surface area contributed by atoms with Gasteiger partial charge in [-0.05, 0) is 48.9 Å². The Labute approximate surface area is 167 Å². The van der Waals surface area contributed by atoms with Crippen LogP contribution in [-0.4, -0.2) is 18.5 Å². The molecule has 2 N–H and O–H groups in total. The Bertz CT molecular complexity index is 887. The first-order chi connectivity index (χ1) is 13.5. The van der Waals surface area contributed by atoms with Gasteiger partial charge in [-0.1, -0.05) is 23.7 Å². The standard InChI is InChI=1S/C20H18ClN3O4/c1-2-27-20(26)16(11-22)12-23-24-19(25)15-5-9-18(10-6-15)28-13-14-3-7-17(21)8-4-14/h3-10,12,23H,2,13H2,1H3,(H,24,25)/b16-12+. The topological polar surface area (TPSA) is 100 Å². The van der Waals surface area contributed by atoms with E-state index in [0.29, 0.717) is 22.9 Å². The zero-order valence-electron chi connectivity index (χ0n) is 15.1. The summed E-state index contributed by atoms with van der Waals surface area (Å²) in [7, 11) is 0. The molecule has 0 spiro atoms. The Morgan fingerprint density at radius 3 is 2.43 bits per heavy atom. The lowest BCUT2D eigenvalue weighted by Crippen LogP contribution is -2.34. The maximum absolute atomic E-state index is 12.1. The van der Waals surface area contributed by atoms with Gasteiger partial charge in [-0.25, -0.2) is 4.79 Å². The van der Waals surface area contributed by atoms with Crippen LogP contribution in [0.3, 0.4) is 0 Å². The van der Waals surface area contributed by atoms with E-state index in [2.05, 4.69) is 10.9 Å². The van der Waals surface area contributed by atoms with Gasteiger partial charge >= 0.3 is 5.97 Å². The molecule has 0 bridgehead atoms. The third kappa shape index (κ3) is 6.34. The lowest BCUT2D eigenvalue weighted by atomic mass is 10.2. The molecule has 0 saturated heterocycles. The van der Waals surface area contributed by atoms with Crippen molar-refractivity contribution < 1.29 is 19.1 Å². The number of hydrogen-bond acceptors (Lipinski definition) is 6. The molecule has 2 aromatic rings. The number of carbonyl (C=O) groups is 2. The highest BCUT2D eigenvalue weighted by Crippen LogP contribution is 2.15. The number of halogens is 1. The molecule has 0 saturated carbocycles. The fourth-order valence-electron chi connectivity index (χ4n) is 2.04. The molecule has 2 aromatic carbocycles. The van der Waals surface area contributed by atoms with E-state index < -0.39 is 11.9 Å². The van der Waals surface area contributed by atoms with Crippen molar-refractivity contribution in [3.05, 3.63) is 76.5 Å². The summed E-state index contributed by atoms with van der Waals surface area (Å²) in [6.45, 7) is 2.15. The summed E-state index contributed by atoms with van der Waals surface area (Å²) in [6, 6.07) is 15.5. The molecule has 7 nitrogen and oxygen atoms in total. The van der Waals surface area contributed by atoms with Crippen molar-refractivity contribution in [1.82, 2.24) is 10.9 Å². The van der Waals surface area contributed by atoms with E-state index >= 15 is 0 Å². The minimum atomic E-state index is -0.770. The van der Waals surface area contributed by atoms with Gasteiger partial charge in [-0.3, -0.25) is 10.2 Å². The summed E-state index contributed by atoms with van der Waals surface area (Å²) < 4.78 is 10.4. The number of rotatable bonds is 8. The van der Waals surface area contributed by atoms with E-state index in [9.17, 15) is 9.59 Å². The Kier molecular flexibility index (Phi) is 7.88. The Balaban J connectivity index is 1.86. The molecular formula is C20H18ClN3O4. The number of nitrogens with one attached hydrogen (secondary N) is 2. The lowest BCUT2D eigenvalue weighted by molar-refractivity contribution is -0.138. The summed E-state index contributed by atoms with van der Waals surface area (Å²) in [5.41, 5.74) is 5.86. The SMILES string of the molecule is CCOC(=O)/C(C#N)=C/NNC(=O)c1ccc(OCc2ccc(Cl)cc2)cc1. The summed E-state index contributed by atoms with van der Waals surface area (Å²) in [5, 5.41) is 9.55. The molecule has 0 aliphatic heterocycles. The van der Waals surface area contributed by atoms with Crippen LogP contribution in [0, 0.1) is 11.3 Å². The highest BCUT2D eigenvalue weighted by Gasteiger charge is 2.10. The molecule has 1 amide bonds. The maximum Gasteiger partial charge on any atom is 0.350 e. The molecule has 0 aliphatic rings. The van der Waals surface area contributed by atoms with Gasteiger partial charge in [0.25, 0.3) is 5.91 Å². The molecular weight excluding hydrogens is 382 g/mol. The fourth-order valence-corrected chi connectivity index (χ4v) is 2.17. The van der Waals surface area contributed by atoms with Gasteiger partial charge in [0.05, 0.1) is 6.61 Å². The van der Waals surface area contributed by atoms with Crippen LogP contribution in [0.2, 0.25) is 5.02 Å². The smallest absolute Gasteiger partial charge is 0.350 e. The van der Waals surface area contributed by atoms with Gasteiger partial charge in [-0.2, -0.15) is 5.26 Å². The van der Waals surface area contributed by atoms with E-state index in [1.54, 1.807) is 49.4 Å². The first-order valence-electron chi connectivity index (χ1n) is 8.34. The van der Waals surface area contributed by atoms with Gasteiger partial charge in [0.2, 0.25) is 0 Å². The normalized spacial score (nSPS) is 10.5. The summed E-state index contributed by atoms with van der Waals surface area (Å²) in [4.78, 5) is 23.5. The highest BCUT2D eigenvalue weighted by molar-refractivity contribution is 6.30. The van der Waals surface area contributed by atoms with Gasteiger partial charge < -0.3 is 14.9 Å². The zero-order valence-corrected chi connectivity index (χ0v) is 15.8. The van der Waals surface area contributed by atoms with Crippen molar-refractivity contribution in [2.24, 2.45) is 0 Å². The largest absolute Gasteiger partial charge is 0.489 e. The summed E-state index contributed by atoms with van der Waals surface area (Å²) >= 11 is 5.84. The highest BCUT2D eigenvalue weighted by atomic mass is 35.5. The average Bonchev–Trinajstić information content (AvgIpc) is 2.71. The average molecular weight is 400 g/mol. The number of ether oxygens (including phenoxy) is 2. The van der Waals surface area contributed by atoms with Crippen molar-refractivity contribution >= 4 is 23.5 Å². The molecule has 0 heterocycles. The predicted molar refractivity (Wildman–Crippen MR) is 103 cm³/mol. The molecule has 8 heteroatoms. The van der Waals surface area contributed by atoms with Crippen molar-refractivity contribution in [2.75, 3.05) is 6.61 Å². The number of esters is 1. The monoisotopic (exact) mass is 399 g/mol. The first-order valence-corrected chi connectivity index (χ1v) is 8.72. The van der Waals surface area contributed by atoms with Crippen LogP contribution in [0.4, 0.5) is 0 Å². The number of amides is 1. The van der Waals surface area contributed by atoms with Crippen molar-refractivity contribution in [3.63, 3.8) is 0 Å². The third-order valence-electron chi connectivity index (χ3n) is 3.45. The van der Waals surface area contributed by atoms with Crippen molar-refractivity contribution in [1.29, 1.82) is 5.26 Å². The van der Waals surface area contributed by atoms with Crippen LogP contribution in [0.5, 0.6) is 5.75 Å². The quantitative estimate of drug-likeness (QED) is 0.306. The Morgan fingerprint density at radius 1 is 1.14 bits per heavy atom. The van der Waals surface area contributed by atoms with E-state index in [4.69, 9.17) is 26.3 Å². The van der Waals surface area contributed by atoms with Gasteiger partial charge in [0, 0.05) is 16.8 Å². The maximum atomic E-state index is 12.1. The Morgan fingerprint density at radius 2 is 1.82 bits per heavy atom. The summed E-state index contributed by atoms with van der Waals surface area (Å²) in [6.07, 6.45) is 1.07. The molecule has 0 atom stereocenters. The Hall–Kier alpha value is -3.50. The zero-order chi connectivity index (χ0) is 20.4. The number of nitriles is 1. The molecule has 0 radical (unpaired) electrons. The molecule has 28 heavy (non-hydrogen) atoms. The van der Waals surface area contributed by atoms with Crippen LogP contribution >= 0.6 is 11.6 Å². The molecule has 0 aliphatic carbocycles. The van der Waals surface area contributed by atoms with Crippen LogP contribution < -0.4 is 15.6 Å². The number of benzene rings is 2. The first kappa shape index (κ1) is 20.8. The summed E-state index contributed by atoms with van der Waals surface area (Å²) in [5.74, 6) is -0.607. The molecule has 144 valence electrons. The molecule has 0 aromatic heterocycles. The predicted octanol–water partition coefficient (Wildman–Crippen LogP) is 3.12. The minimum absolute atomic E-state index is 0.149. The minimum Gasteiger partial charge on any atom is -0.489 e. The number of carbonyl (C=O) groups excluding carboxylic acids is 2. The van der Waals surface area contributed by atoms with Crippen LogP contribution in [0.1, 0.15) is 22.8 Å². The molecule has 2 rings (SSSR count). The molecule has 0 unspecified atom stereocenters. The van der Waals surface area contributed by atoms with Crippen LogP contribution in [0.25, 0.3) is 0 Å². The second-order valence-corrected chi connectivity index (χ2v) is 5.86. The number of hydrogen-bond donors (Lipinski definition) is 2. The van der Waals surface area contributed by atoms with E-state index in [0.717, 1.165) is 11.8 Å². The van der Waals surface area contributed by atoms with Crippen LogP contribution in [0.15, 0.2) is 60.3 Å². The van der Waals surface area contributed by atoms with Crippen molar-refractivity contribution in [2.45, 2.75) is 13.5 Å². The lowest BCUT2D eigenvalue weighted by Gasteiger charge is -2.08. The second kappa shape index (κ2) is 10.6. The van der Waals surface area contributed by atoms with Gasteiger partial charge in [-0.15, -0.1) is 0 Å².